The van der Waals surface area contributed by atoms with Gasteiger partial charge in [0.2, 0.25) is 0 Å². The molecule has 1 aliphatic heterocycles. The van der Waals surface area contributed by atoms with E-state index in [2.05, 4.69) is 10.1 Å². The molecule has 1 saturated heterocycles. The summed E-state index contributed by atoms with van der Waals surface area (Å²) in [6.07, 6.45) is 1.88. The zero-order valence-corrected chi connectivity index (χ0v) is 14.2. The van der Waals surface area contributed by atoms with Gasteiger partial charge in [-0.1, -0.05) is 11.6 Å². The van der Waals surface area contributed by atoms with Crippen molar-refractivity contribution in [2.24, 2.45) is 5.92 Å². The van der Waals surface area contributed by atoms with E-state index in [0.29, 0.717) is 11.5 Å². The minimum absolute atomic E-state index is 0.174. The van der Waals surface area contributed by atoms with E-state index in [4.69, 9.17) is 11.6 Å². The Balaban J connectivity index is 0.000000270. The number of rotatable bonds is 3. The highest BCUT2D eigenvalue weighted by molar-refractivity contribution is 7.12. The zero-order valence-electron chi connectivity index (χ0n) is 12.6. The van der Waals surface area contributed by atoms with Crippen molar-refractivity contribution in [3.05, 3.63) is 21.3 Å². The average Bonchev–Trinajstić information content (AvgIpc) is 2.84. The molecule has 1 aliphatic rings. The largest absolute Gasteiger partial charge is 0.462 e. The normalized spacial score (nSPS) is 15.8. The van der Waals surface area contributed by atoms with Gasteiger partial charge >= 0.3 is 0 Å². The Hall–Kier alpha value is -0.910. The molecule has 1 aromatic rings. The number of carbonyl (C=O) groups is 2. The van der Waals surface area contributed by atoms with E-state index < -0.39 is 0 Å². The van der Waals surface area contributed by atoms with E-state index in [9.17, 15) is 9.59 Å². The first kappa shape index (κ1) is 18.1. The van der Waals surface area contributed by atoms with Gasteiger partial charge in [0.15, 0.2) is 5.78 Å². The van der Waals surface area contributed by atoms with Crippen LogP contribution in [0, 0.1) is 5.92 Å². The summed E-state index contributed by atoms with van der Waals surface area (Å²) in [6, 6.07) is 1.79. The smallest absolute Gasteiger partial charge is 0.293 e. The van der Waals surface area contributed by atoms with Crippen molar-refractivity contribution in [1.29, 1.82) is 0 Å². The van der Waals surface area contributed by atoms with E-state index in [1.807, 2.05) is 26.2 Å². The third kappa shape index (κ3) is 6.59. The van der Waals surface area contributed by atoms with Gasteiger partial charge in [-0.3, -0.25) is 9.59 Å². The second-order valence-electron chi connectivity index (χ2n) is 5.81. The number of piperidine rings is 1. The molecule has 0 radical (unpaired) electrons. The van der Waals surface area contributed by atoms with Crippen molar-refractivity contribution >= 4 is 35.2 Å². The summed E-state index contributed by atoms with van der Waals surface area (Å²) >= 11 is 7.38. The molecule has 0 unspecified atom stereocenters. The van der Waals surface area contributed by atoms with Crippen LogP contribution in [0.15, 0.2) is 11.4 Å². The van der Waals surface area contributed by atoms with E-state index in [1.165, 1.54) is 11.3 Å². The number of Topliss-reactive ketones (excluding diaryl/α,β-unsaturated/α-hetero) is 1. The van der Waals surface area contributed by atoms with Gasteiger partial charge in [0.1, 0.15) is 5.60 Å². The summed E-state index contributed by atoms with van der Waals surface area (Å²) in [5, 5.41) is 5.73. The molecule has 2 rings (SSSR count). The van der Waals surface area contributed by atoms with E-state index in [0.717, 1.165) is 30.8 Å². The van der Waals surface area contributed by atoms with Gasteiger partial charge in [-0.15, -0.1) is 11.3 Å². The van der Waals surface area contributed by atoms with Gasteiger partial charge in [-0.05, 0) is 58.1 Å². The number of thiophene rings is 1. The number of halogens is 1. The Labute approximate surface area is 134 Å². The molecular weight excluding hydrogens is 310 g/mol. The molecule has 0 atom stereocenters. The SMILES string of the molecule is CC(C)(C)OC=O.O=C(c1sccc1Cl)C1CCNCC1. The third-order valence-electron chi connectivity index (χ3n) is 2.95. The second-order valence-corrected chi connectivity index (χ2v) is 7.14. The number of nitrogens with one attached hydrogen (secondary N) is 1. The van der Waals surface area contributed by atoms with Crippen LogP contribution >= 0.6 is 22.9 Å². The minimum atomic E-state index is -0.318. The predicted molar refractivity (Wildman–Crippen MR) is 86.2 cm³/mol. The lowest BCUT2D eigenvalue weighted by Gasteiger charge is -2.20. The van der Waals surface area contributed by atoms with Gasteiger partial charge in [-0.25, -0.2) is 0 Å². The summed E-state index contributed by atoms with van der Waals surface area (Å²) in [4.78, 5) is 22.3. The number of ketones is 1. The summed E-state index contributed by atoms with van der Waals surface area (Å²) in [5.41, 5.74) is -0.318. The third-order valence-corrected chi connectivity index (χ3v) is 4.31. The second kappa shape index (κ2) is 8.51. The van der Waals surface area contributed by atoms with Crippen LogP contribution in [0.1, 0.15) is 43.3 Å². The molecule has 0 aliphatic carbocycles. The maximum absolute atomic E-state index is 12.0. The first-order valence-corrected chi connectivity index (χ1v) is 8.20. The molecule has 1 aromatic heterocycles. The van der Waals surface area contributed by atoms with Crippen LogP contribution in [0.4, 0.5) is 0 Å². The highest BCUT2D eigenvalue weighted by Gasteiger charge is 2.24. The number of ether oxygens (including phenoxy) is 1. The van der Waals surface area contributed by atoms with Gasteiger partial charge < -0.3 is 10.1 Å². The van der Waals surface area contributed by atoms with E-state index in [-0.39, 0.29) is 17.3 Å². The number of hydrogen-bond acceptors (Lipinski definition) is 5. The fourth-order valence-electron chi connectivity index (χ4n) is 1.88. The molecular formula is C15H22ClNO3S. The monoisotopic (exact) mass is 331 g/mol. The van der Waals surface area contributed by atoms with Crippen molar-refractivity contribution in [2.45, 2.75) is 39.2 Å². The fraction of sp³-hybridized carbons (Fsp3) is 0.600. The van der Waals surface area contributed by atoms with Crippen LogP contribution in [0.5, 0.6) is 0 Å². The summed E-state index contributed by atoms with van der Waals surface area (Å²) in [6.45, 7) is 7.81. The highest BCUT2D eigenvalue weighted by Crippen LogP contribution is 2.27. The number of hydrogen-bond donors (Lipinski definition) is 1. The van der Waals surface area contributed by atoms with Crippen molar-refractivity contribution in [3.8, 4) is 0 Å². The quantitative estimate of drug-likeness (QED) is 0.680. The zero-order chi connectivity index (χ0) is 15.9. The van der Waals surface area contributed by atoms with Crippen LogP contribution < -0.4 is 5.32 Å². The lowest BCUT2D eigenvalue weighted by Crippen LogP contribution is -2.31. The first-order chi connectivity index (χ1) is 9.85. The Morgan fingerprint density at radius 2 is 2.05 bits per heavy atom. The van der Waals surface area contributed by atoms with Crippen LogP contribution in [0.2, 0.25) is 5.02 Å². The Morgan fingerprint density at radius 3 is 2.43 bits per heavy atom. The topological polar surface area (TPSA) is 55.4 Å². The Morgan fingerprint density at radius 1 is 1.43 bits per heavy atom. The number of carbonyl (C=O) groups excluding carboxylic acids is 2. The highest BCUT2D eigenvalue weighted by atomic mass is 35.5. The van der Waals surface area contributed by atoms with E-state index >= 15 is 0 Å². The molecule has 0 amide bonds. The van der Waals surface area contributed by atoms with Crippen LogP contribution in [-0.4, -0.2) is 30.9 Å². The van der Waals surface area contributed by atoms with E-state index in [1.54, 1.807) is 6.07 Å². The first-order valence-electron chi connectivity index (χ1n) is 6.94. The predicted octanol–water partition coefficient (Wildman–Crippen LogP) is 3.54. The molecule has 4 nitrogen and oxygen atoms in total. The summed E-state index contributed by atoms with van der Waals surface area (Å²) < 4.78 is 4.55. The summed E-state index contributed by atoms with van der Waals surface area (Å²) in [5.74, 6) is 0.402. The lowest BCUT2D eigenvalue weighted by molar-refractivity contribution is -0.138. The molecule has 2 heterocycles. The molecule has 1 N–H and O–H groups in total. The maximum Gasteiger partial charge on any atom is 0.293 e. The molecule has 21 heavy (non-hydrogen) atoms. The molecule has 118 valence electrons. The fourth-order valence-corrected chi connectivity index (χ4v) is 3.05. The maximum atomic E-state index is 12.0. The molecule has 6 heteroatoms. The molecule has 1 fully saturated rings. The summed E-state index contributed by atoms with van der Waals surface area (Å²) in [7, 11) is 0. The van der Waals surface area contributed by atoms with Crippen molar-refractivity contribution in [3.63, 3.8) is 0 Å². The van der Waals surface area contributed by atoms with Crippen molar-refractivity contribution in [2.75, 3.05) is 13.1 Å². The van der Waals surface area contributed by atoms with Gasteiger partial charge in [-0.2, -0.15) is 0 Å². The lowest BCUT2D eigenvalue weighted by atomic mass is 9.93. The standard InChI is InChI=1S/C10H12ClNOS.C5H10O2/c11-8-3-6-14-10(8)9(13)7-1-4-12-5-2-7;1-5(2,3)7-4-6/h3,6-7,12H,1-2,4-5H2;4H,1-3H3. The Kier molecular flexibility index (Phi) is 7.35. The average molecular weight is 332 g/mol. The molecule has 0 bridgehead atoms. The molecule has 0 saturated carbocycles. The molecule has 0 spiro atoms. The minimum Gasteiger partial charge on any atom is -0.462 e. The van der Waals surface area contributed by atoms with Gasteiger partial charge in [0.05, 0.1) is 9.90 Å². The van der Waals surface area contributed by atoms with Crippen molar-refractivity contribution < 1.29 is 14.3 Å². The molecule has 0 aromatic carbocycles. The van der Waals surface area contributed by atoms with Crippen molar-refractivity contribution in [1.82, 2.24) is 5.32 Å². The van der Waals surface area contributed by atoms with Crippen LogP contribution in [-0.2, 0) is 9.53 Å². The van der Waals surface area contributed by atoms with Gasteiger partial charge in [0, 0.05) is 5.92 Å². The van der Waals surface area contributed by atoms with Gasteiger partial charge in [0.25, 0.3) is 6.47 Å². The van der Waals surface area contributed by atoms with Crippen LogP contribution in [0.25, 0.3) is 0 Å². The Bertz CT molecular complexity index is 462. The van der Waals surface area contributed by atoms with Crippen LogP contribution in [0.3, 0.4) is 0 Å².